The van der Waals surface area contributed by atoms with E-state index in [1.807, 2.05) is 42.5 Å². The van der Waals surface area contributed by atoms with Gasteiger partial charge in [-0.25, -0.2) is 0 Å². The summed E-state index contributed by atoms with van der Waals surface area (Å²) in [5, 5.41) is 3.73. The SMILES string of the molecule is O=C(NCC1Cc2ccccc2O1)c1ccc(CBr)cc1. The van der Waals surface area contributed by atoms with E-state index in [2.05, 4.69) is 27.3 Å². The van der Waals surface area contributed by atoms with Crippen molar-refractivity contribution in [2.45, 2.75) is 17.9 Å². The number of benzene rings is 2. The summed E-state index contributed by atoms with van der Waals surface area (Å²) in [4.78, 5) is 12.1. The summed E-state index contributed by atoms with van der Waals surface area (Å²) in [5.41, 5.74) is 3.04. The highest BCUT2D eigenvalue weighted by molar-refractivity contribution is 9.08. The number of para-hydroxylation sites is 1. The number of nitrogens with one attached hydrogen (secondary N) is 1. The molecular formula is C17H16BrNO2. The number of ether oxygens (including phenoxy) is 1. The van der Waals surface area contributed by atoms with Gasteiger partial charge in [-0.1, -0.05) is 46.3 Å². The van der Waals surface area contributed by atoms with Gasteiger partial charge in [0.2, 0.25) is 0 Å². The maximum Gasteiger partial charge on any atom is 0.251 e. The van der Waals surface area contributed by atoms with Gasteiger partial charge in [0, 0.05) is 17.3 Å². The molecule has 1 aliphatic rings. The Hall–Kier alpha value is -1.81. The van der Waals surface area contributed by atoms with E-state index in [4.69, 9.17) is 4.74 Å². The third-order valence-corrected chi connectivity index (χ3v) is 4.22. The smallest absolute Gasteiger partial charge is 0.251 e. The Labute approximate surface area is 132 Å². The second-order valence-corrected chi connectivity index (χ2v) is 5.65. The number of fused-ring (bicyclic) bond motifs is 1. The molecule has 0 aromatic heterocycles. The maximum absolute atomic E-state index is 12.1. The molecule has 0 bridgehead atoms. The van der Waals surface area contributed by atoms with Crippen LogP contribution in [0.2, 0.25) is 0 Å². The zero-order chi connectivity index (χ0) is 14.7. The minimum Gasteiger partial charge on any atom is -0.488 e. The molecule has 1 unspecified atom stereocenters. The predicted molar refractivity (Wildman–Crippen MR) is 86.0 cm³/mol. The molecule has 0 spiro atoms. The highest BCUT2D eigenvalue weighted by Crippen LogP contribution is 2.27. The van der Waals surface area contributed by atoms with Crippen LogP contribution < -0.4 is 10.1 Å². The first kappa shape index (κ1) is 14.1. The van der Waals surface area contributed by atoms with Crippen LogP contribution in [0.5, 0.6) is 5.75 Å². The Morgan fingerprint density at radius 2 is 1.95 bits per heavy atom. The third-order valence-electron chi connectivity index (χ3n) is 3.57. The van der Waals surface area contributed by atoms with Gasteiger partial charge in [0.1, 0.15) is 11.9 Å². The molecule has 3 nitrogen and oxygen atoms in total. The van der Waals surface area contributed by atoms with E-state index in [1.165, 1.54) is 5.56 Å². The highest BCUT2D eigenvalue weighted by atomic mass is 79.9. The van der Waals surface area contributed by atoms with Crippen molar-refractivity contribution in [1.82, 2.24) is 5.32 Å². The number of carbonyl (C=O) groups is 1. The fraction of sp³-hybridized carbons (Fsp3) is 0.235. The number of rotatable bonds is 4. The molecule has 0 fully saturated rings. The number of hydrogen-bond acceptors (Lipinski definition) is 2. The lowest BCUT2D eigenvalue weighted by Gasteiger charge is -2.12. The van der Waals surface area contributed by atoms with E-state index < -0.39 is 0 Å². The summed E-state index contributed by atoms with van der Waals surface area (Å²) in [6, 6.07) is 15.6. The van der Waals surface area contributed by atoms with Crippen LogP contribution in [0.1, 0.15) is 21.5 Å². The van der Waals surface area contributed by atoms with Crippen molar-refractivity contribution < 1.29 is 9.53 Å². The summed E-state index contributed by atoms with van der Waals surface area (Å²) in [5.74, 6) is 0.870. The number of halogens is 1. The predicted octanol–water partition coefficient (Wildman–Crippen LogP) is 3.32. The minimum atomic E-state index is -0.0596. The molecule has 0 radical (unpaired) electrons. The zero-order valence-electron chi connectivity index (χ0n) is 11.5. The minimum absolute atomic E-state index is 0.0214. The fourth-order valence-corrected chi connectivity index (χ4v) is 2.80. The van der Waals surface area contributed by atoms with Gasteiger partial charge in [-0.05, 0) is 29.3 Å². The molecule has 1 amide bonds. The van der Waals surface area contributed by atoms with Gasteiger partial charge in [-0.3, -0.25) is 4.79 Å². The van der Waals surface area contributed by atoms with Crippen molar-refractivity contribution in [1.29, 1.82) is 0 Å². The standard InChI is InChI=1S/C17H16BrNO2/c18-10-12-5-7-13(8-6-12)17(20)19-11-15-9-14-3-1-2-4-16(14)21-15/h1-8,15H,9-11H2,(H,19,20). The summed E-state index contributed by atoms with van der Waals surface area (Å²) < 4.78 is 5.81. The molecule has 0 saturated carbocycles. The van der Waals surface area contributed by atoms with Crippen LogP contribution in [0.25, 0.3) is 0 Å². The zero-order valence-corrected chi connectivity index (χ0v) is 13.1. The average Bonchev–Trinajstić information content (AvgIpc) is 2.95. The average molecular weight is 346 g/mol. The van der Waals surface area contributed by atoms with E-state index in [-0.39, 0.29) is 12.0 Å². The molecular weight excluding hydrogens is 330 g/mol. The van der Waals surface area contributed by atoms with Gasteiger partial charge in [-0.15, -0.1) is 0 Å². The lowest BCUT2D eigenvalue weighted by molar-refractivity contribution is 0.0933. The van der Waals surface area contributed by atoms with Gasteiger partial charge in [0.15, 0.2) is 0 Å². The van der Waals surface area contributed by atoms with E-state index in [0.717, 1.165) is 23.1 Å². The Morgan fingerprint density at radius 1 is 1.19 bits per heavy atom. The molecule has 1 heterocycles. The van der Waals surface area contributed by atoms with Crippen LogP contribution in [-0.4, -0.2) is 18.6 Å². The first-order valence-electron chi connectivity index (χ1n) is 6.94. The molecule has 2 aromatic rings. The first-order chi connectivity index (χ1) is 10.3. The Kier molecular flexibility index (Phi) is 4.25. The number of hydrogen-bond donors (Lipinski definition) is 1. The van der Waals surface area contributed by atoms with Crippen molar-refractivity contribution in [2.24, 2.45) is 0 Å². The van der Waals surface area contributed by atoms with E-state index in [1.54, 1.807) is 0 Å². The van der Waals surface area contributed by atoms with Crippen molar-refractivity contribution in [3.05, 3.63) is 65.2 Å². The van der Waals surface area contributed by atoms with Gasteiger partial charge < -0.3 is 10.1 Å². The van der Waals surface area contributed by atoms with Gasteiger partial charge in [-0.2, -0.15) is 0 Å². The molecule has 1 aliphatic heterocycles. The monoisotopic (exact) mass is 345 g/mol. The van der Waals surface area contributed by atoms with Crippen molar-refractivity contribution in [2.75, 3.05) is 6.54 Å². The summed E-state index contributed by atoms with van der Waals surface area (Å²) >= 11 is 3.39. The van der Waals surface area contributed by atoms with Gasteiger partial charge >= 0.3 is 0 Å². The van der Waals surface area contributed by atoms with Crippen LogP contribution in [0.4, 0.5) is 0 Å². The first-order valence-corrected chi connectivity index (χ1v) is 8.06. The Bertz CT molecular complexity index is 614. The Balaban J connectivity index is 1.55. The molecule has 1 N–H and O–H groups in total. The fourth-order valence-electron chi connectivity index (χ4n) is 2.42. The maximum atomic E-state index is 12.1. The topological polar surface area (TPSA) is 38.3 Å². The summed E-state index contributed by atoms with van der Waals surface area (Å²) in [7, 11) is 0. The second-order valence-electron chi connectivity index (χ2n) is 5.09. The third kappa shape index (κ3) is 3.27. The summed E-state index contributed by atoms with van der Waals surface area (Å²) in [6.45, 7) is 0.522. The van der Waals surface area contributed by atoms with Crippen LogP contribution in [-0.2, 0) is 11.8 Å². The highest BCUT2D eigenvalue weighted by Gasteiger charge is 2.22. The number of amides is 1. The quantitative estimate of drug-likeness (QED) is 0.863. The van der Waals surface area contributed by atoms with Crippen molar-refractivity contribution in [3.8, 4) is 5.75 Å². The van der Waals surface area contributed by atoms with E-state index >= 15 is 0 Å². The van der Waals surface area contributed by atoms with Crippen molar-refractivity contribution in [3.63, 3.8) is 0 Å². The van der Waals surface area contributed by atoms with Gasteiger partial charge in [0.25, 0.3) is 5.91 Å². The van der Waals surface area contributed by atoms with Crippen LogP contribution >= 0.6 is 15.9 Å². The molecule has 3 rings (SSSR count). The van der Waals surface area contributed by atoms with Crippen LogP contribution in [0.15, 0.2) is 48.5 Å². The number of carbonyl (C=O) groups excluding carboxylic acids is 1. The van der Waals surface area contributed by atoms with Crippen molar-refractivity contribution >= 4 is 21.8 Å². The second kappa shape index (κ2) is 6.31. The lowest BCUT2D eigenvalue weighted by Crippen LogP contribution is -2.34. The molecule has 4 heteroatoms. The van der Waals surface area contributed by atoms with Gasteiger partial charge in [0.05, 0.1) is 6.54 Å². The Morgan fingerprint density at radius 3 is 2.67 bits per heavy atom. The number of alkyl halides is 1. The van der Waals surface area contributed by atoms with Crippen LogP contribution in [0.3, 0.4) is 0 Å². The van der Waals surface area contributed by atoms with Crippen LogP contribution in [0, 0.1) is 0 Å². The lowest BCUT2D eigenvalue weighted by atomic mass is 10.1. The molecule has 0 saturated heterocycles. The van der Waals surface area contributed by atoms with E-state index in [9.17, 15) is 4.79 Å². The summed E-state index contributed by atoms with van der Waals surface area (Å²) in [6.07, 6.45) is 0.868. The molecule has 0 aliphatic carbocycles. The molecule has 21 heavy (non-hydrogen) atoms. The molecule has 108 valence electrons. The molecule has 1 atom stereocenters. The normalized spacial score (nSPS) is 16.1. The molecule has 2 aromatic carbocycles. The van der Waals surface area contributed by atoms with E-state index in [0.29, 0.717) is 12.1 Å². The largest absolute Gasteiger partial charge is 0.488 e.